The molecule has 0 radical (unpaired) electrons. The van der Waals surface area contributed by atoms with E-state index in [0.717, 1.165) is 5.69 Å². The first kappa shape index (κ1) is 11.8. The molecule has 1 rings (SSSR count). The molecule has 0 heterocycles. The fourth-order valence-corrected chi connectivity index (χ4v) is 1.58. The maximum atomic E-state index is 11.1. The number of amides is 1. The highest BCUT2D eigenvalue weighted by atomic mass is 16.1. The predicted octanol–water partition coefficient (Wildman–Crippen LogP) is 3.25. The highest BCUT2D eigenvalue weighted by molar-refractivity contribution is 5.89. The lowest BCUT2D eigenvalue weighted by molar-refractivity contribution is -0.114. The Morgan fingerprint density at radius 3 is 2.33 bits per heavy atom. The Balaban J connectivity index is 3.20. The monoisotopic (exact) mass is 205 g/mol. The molecule has 1 N–H and O–H groups in total. The Morgan fingerprint density at radius 2 is 1.87 bits per heavy atom. The topological polar surface area (TPSA) is 29.1 Å². The van der Waals surface area contributed by atoms with Crippen LogP contribution in [0.25, 0.3) is 0 Å². The van der Waals surface area contributed by atoms with Crippen LogP contribution in [0.5, 0.6) is 0 Å². The third-order valence-corrected chi connectivity index (χ3v) is 2.29. The number of hydrogen-bond donors (Lipinski definition) is 1. The van der Waals surface area contributed by atoms with E-state index in [1.165, 1.54) is 18.1 Å². The number of anilines is 1. The summed E-state index contributed by atoms with van der Waals surface area (Å²) in [6.07, 6.45) is 0. The Hall–Kier alpha value is -1.31. The van der Waals surface area contributed by atoms with Gasteiger partial charge in [0, 0.05) is 12.6 Å². The van der Waals surface area contributed by atoms with Crippen LogP contribution < -0.4 is 5.32 Å². The molecule has 82 valence electrons. The van der Waals surface area contributed by atoms with Crippen molar-refractivity contribution in [1.82, 2.24) is 0 Å². The molecule has 1 amide bonds. The van der Waals surface area contributed by atoms with Gasteiger partial charge in [-0.1, -0.05) is 38.5 Å². The molecule has 1 aromatic carbocycles. The molecule has 0 unspecified atom stereocenters. The van der Waals surface area contributed by atoms with Gasteiger partial charge in [-0.2, -0.15) is 0 Å². The predicted molar refractivity (Wildman–Crippen MR) is 64.2 cm³/mol. The first-order valence-corrected chi connectivity index (χ1v) is 5.19. The molecule has 2 heteroatoms. The first-order valence-electron chi connectivity index (χ1n) is 5.19. The average Bonchev–Trinajstić information content (AvgIpc) is 2.05. The molecule has 0 saturated heterocycles. The molecule has 0 fully saturated rings. The fourth-order valence-electron chi connectivity index (χ4n) is 1.58. The number of hydrogen-bond acceptors (Lipinski definition) is 1. The Bertz CT molecular complexity index is 375. The van der Waals surface area contributed by atoms with Crippen molar-refractivity contribution in [2.45, 2.75) is 40.0 Å². The normalized spacial score (nSPS) is 11.3. The van der Waals surface area contributed by atoms with Crippen LogP contribution in [-0.2, 0) is 10.2 Å². The van der Waals surface area contributed by atoms with E-state index >= 15 is 0 Å². The minimum Gasteiger partial charge on any atom is -0.326 e. The highest BCUT2D eigenvalue weighted by Gasteiger charge is 2.18. The van der Waals surface area contributed by atoms with Gasteiger partial charge < -0.3 is 5.32 Å². The molecule has 0 aliphatic carbocycles. The van der Waals surface area contributed by atoms with Crippen LogP contribution in [0.1, 0.15) is 38.8 Å². The van der Waals surface area contributed by atoms with E-state index in [1.807, 2.05) is 12.1 Å². The Morgan fingerprint density at radius 1 is 1.27 bits per heavy atom. The van der Waals surface area contributed by atoms with Crippen LogP contribution in [-0.4, -0.2) is 5.91 Å². The number of carbonyl (C=O) groups is 1. The van der Waals surface area contributed by atoms with Crippen LogP contribution in [0.3, 0.4) is 0 Å². The van der Waals surface area contributed by atoms with Gasteiger partial charge in [-0.3, -0.25) is 4.79 Å². The minimum atomic E-state index is -0.0237. The van der Waals surface area contributed by atoms with Crippen LogP contribution in [0.4, 0.5) is 5.69 Å². The smallest absolute Gasteiger partial charge is 0.221 e. The summed E-state index contributed by atoms with van der Waals surface area (Å²) in [5.74, 6) is -0.0237. The lowest BCUT2D eigenvalue weighted by Crippen LogP contribution is -2.17. The highest BCUT2D eigenvalue weighted by Crippen LogP contribution is 2.30. The van der Waals surface area contributed by atoms with Gasteiger partial charge in [-0.15, -0.1) is 0 Å². The Kier molecular flexibility index (Phi) is 3.18. The quantitative estimate of drug-likeness (QED) is 0.749. The van der Waals surface area contributed by atoms with Gasteiger partial charge in [0.05, 0.1) is 0 Å². The second-order valence-corrected chi connectivity index (χ2v) is 4.98. The molecule has 0 atom stereocenters. The third-order valence-electron chi connectivity index (χ3n) is 2.29. The van der Waals surface area contributed by atoms with Crippen LogP contribution >= 0.6 is 0 Å². The van der Waals surface area contributed by atoms with Crippen LogP contribution in [0.15, 0.2) is 18.2 Å². The molecule has 0 spiro atoms. The molecule has 0 aliphatic heterocycles. The van der Waals surface area contributed by atoms with Crippen molar-refractivity contribution in [1.29, 1.82) is 0 Å². The molecule has 15 heavy (non-hydrogen) atoms. The van der Waals surface area contributed by atoms with E-state index in [2.05, 4.69) is 39.1 Å². The van der Waals surface area contributed by atoms with Crippen molar-refractivity contribution in [3.05, 3.63) is 29.3 Å². The van der Waals surface area contributed by atoms with Crippen molar-refractivity contribution in [3.8, 4) is 0 Å². The third kappa shape index (κ3) is 3.08. The van der Waals surface area contributed by atoms with Crippen molar-refractivity contribution in [3.63, 3.8) is 0 Å². The van der Waals surface area contributed by atoms with Gasteiger partial charge in [0.15, 0.2) is 0 Å². The van der Waals surface area contributed by atoms with Gasteiger partial charge in [-0.25, -0.2) is 0 Å². The van der Waals surface area contributed by atoms with Crippen LogP contribution in [0, 0.1) is 6.92 Å². The average molecular weight is 205 g/mol. The maximum Gasteiger partial charge on any atom is 0.221 e. The van der Waals surface area contributed by atoms with Crippen molar-refractivity contribution in [2.24, 2.45) is 0 Å². The number of nitrogens with one attached hydrogen (secondary N) is 1. The molecule has 0 saturated carbocycles. The second kappa shape index (κ2) is 4.05. The SMILES string of the molecule is CC(=O)Nc1ccc(C)cc1C(C)(C)C. The van der Waals surface area contributed by atoms with Gasteiger partial charge in [-0.05, 0) is 24.0 Å². The molecule has 0 aromatic heterocycles. The summed E-state index contributed by atoms with van der Waals surface area (Å²) in [5.41, 5.74) is 3.36. The van der Waals surface area contributed by atoms with E-state index < -0.39 is 0 Å². The van der Waals surface area contributed by atoms with Gasteiger partial charge in [0.2, 0.25) is 5.91 Å². The molecular formula is C13H19NO. The summed E-state index contributed by atoms with van der Waals surface area (Å²) in [5, 5.41) is 2.87. The first-order chi connectivity index (χ1) is 6.80. The minimum absolute atomic E-state index is 0.0237. The Labute approximate surface area is 91.7 Å². The fraction of sp³-hybridized carbons (Fsp3) is 0.462. The van der Waals surface area contributed by atoms with E-state index in [0.29, 0.717) is 0 Å². The van der Waals surface area contributed by atoms with Gasteiger partial charge in [0.25, 0.3) is 0 Å². The summed E-state index contributed by atoms with van der Waals surface area (Å²) in [7, 11) is 0. The summed E-state index contributed by atoms with van der Waals surface area (Å²) in [4.78, 5) is 11.1. The zero-order chi connectivity index (χ0) is 11.6. The molecule has 1 aromatic rings. The van der Waals surface area contributed by atoms with Crippen molar-refractivity contribution in [2.75, 3.05) is 5.32 Å². The summed E-state index contributed by atoms with van der Waals surface area (Å²) >= 11 is 0. The van der Waals surface area contributed by atoms with E-state index in [9.17, 15) is 4.79 Å². The second-order valence-electron chi connectivity index (χ2n) is 4.98. The largest absolute Gasteiger partial charge is 0.326 e. The maximum absolute atomic E-state index is 11.1. The van der Waals surface area contributed by atoms with Crippen molar-refractivity contribution >= 4 is 11.6 Å². The summed E-state index contributed by atoms with van der Waals surface area (Å²) in [6, 6.07) is 6.11. The standard InChI is InChI=1S/C13H19NO/c1-9-6-7-12(14-10(2)15)11(8-9)13(3,4)5/h6-8H,1-5H3,(H,14,15). The lowest BCUT2D eigenvalue weighted by Gasteiger charge is -2.23. The zero-order valence-electron chi connectivity index (χ0n) is 10.1. The number of carbonyl (C=O) groups excluding carboxylic acids is 1. The van der Waals surface area contributed by atoms with Gasteiger partial charge in [0.1, 0.15) is 0 Å². The van der Waals surface area contributed by atoms with Gasteiger partial charge >= 0.3 is 0 Å². The summed E-state index contributed by atoms with van der Waals surface area (Å²) in [6.45, 7) is 10.0. The lowest BCUT2D eigenvalue weighted by atomic mass is 9.85. The number of aryl methyl sites for hydroxylation is 1. The number of rotatable bonds is 1. The van der Waals surface area contributed by atoms with Crippen LogP contribution in [0.2, 0.25) is 0 Å². The van der Waals surface area contributed by atoms with E-state index in [4.69, 9.17) is 0 Å². The molecule has 0 aliphatic rings. The summed E-state index contributed by atoms with van der Waals surface area (Å²) < 4.78 is 0. The molecule has 0 bridgehead atoms. The number of benzene rings is 1. The molecular weight excluding hydrogens is 186 g/mol. The van der Waals surface area contributed by atoms with E-state index in [-0.39, 0.29) is 11.3 Å². The van der Waals surface area contributed by atoms with Crippen molar-refractivity contribution < 1.29 is 4.79 Å². The molecule has 2 nitrogen and oxygen atoms in total. The zero-order valence-corrected chi connectivity index (χ0v) is 10.1. The van der Waals surface area contributed by atoms with E-state index in [1.54, 1.807) is 0 Å².